The zero-order valence-electron chi connectivity index (χ0n) is 14.1. The maximum Gasteiger partial charge on any atom is 0.223 e. The summed E-state index contributed by atoms with van der Waals surface area (Å²) in [7, 11) is 0. The van der Waals surface area contributed by atoms with E-state index in [1.165, 1.54) is 16.7 Å². The maximum atomic E-state index is 4.46. The van der Waals surface area contributed by atoms with E-state index < -0.39 is 0 Å². The van der Waals surface area contributed by atoms with E-state index >= 15 is 0 Å². The van der Waals surface area contributed by atoms with Crippen LogP contribution in [0.15, 0.2) is 66.9 Å². The van der Waals surface area contributed by atoms with Gasteiger partial charge in [-0.2, -0.15) is 0 Å². The summed E-state index contributed by atoms with van der Waals surface area (Å²) in [5.41, 5.74) is 6.48. The van der Waals surface area contributed by atoms with Crippen molar-refractivity contribution in [2.75, 3.05) is 0 Å². The molecule has 0 saturated heterocycles. The van der Waals surface area contributed by atoms with E-state index in [1.54, 1.807) is 11.0 Å². The van der Waals surface area contributed by atoms with Gasteiger partial charge in [0.05, 0.1) is 5.69 Å². The Morgan fingerprint density at radius 3 is 2.60 bits per heavy atom. The Bertz CT molecular complexity index is 1020. The first-order valence-electron chi connectivity index (χ1n) is 8.11. The predicted molar refractivity (Wildman–Crippen MR) is 97.3 cm³/mol. The SMILES string of the molecule is Cc1cccc(-c2cccc(-n3nnc(-c4ccccn4)n3)c2)c1C. The zero-order valence-corrected chi connectivity index (χ0v) is 14.1. The normalized spacial score (nSPS) is 10.8. The number of aryl methyl sites for hydroxylation is 1. The number of hydrogen-bond acceptors (Lipinski definition) is 4. The van der Waals surface area contributed by atoms with Crippen LogP contribution < -0.4 is 0 Å². The van der Waals surface area contributed by atoms with Crippen LogP contribution >= 0.6 is 0 Å². The van der Waals surface area contributed by atoms with Gasteiger partial charge in [0.2, 0.25) is 5.82 Å². The van der Waals surface area contributed by atoms with Gasteiger partial charge in [0.25, 0.3) is 0 Å². The first-order valence-corrected chi connectivity index (χ1v) is 8.11. The van der Waals surface area contributed by atoms with Crippen LogP contribution in [0.4, 0.5) is 0 Å². The van der Waals surface area contributed by atoms with Crippen LogP contribution in [0.25, 0.3) is 28.3 Å². The Morgan fingerprint density at radius 1 is 0.880 bits per heavy atom. The van der Waals surface area contributed by atoms with Gasteiger partial charge in [-0.15, -0.1) is 15.0 Å². The summed E-state index contributed by atoms with van der Waals surface area (Å²) in [6, 6.07) is 20.1. The largest absolute Gasteiger partial charge is 0.253 e. The Balaban J connectivity index is 1.73. The molecule has 5 heteroatoms. The number of pyridine rings is 1. The summed E-state index contributed by atoms with van der Waals surface area (Å²) in [6.45, 7) is 4.27. The summed E-state index contributed by atoms with van der Waals surface area (Å²) in [5.74, 6) is 0.512. The van der Waals surface area contributed by atoms with E-state index in [1.807, 2.05) is 30.3 Å². The molecule has 2 aromatic carbocycles. The third-order valence-corrected chi connectivity index (χ3v) is 4.30. The van der Waals surface area contributed by atoms with Gasteiger partial charge >= 0.3 is 0 Å². The molecule has 0 aliphatic rings. The topological polar surface area (TPSA) is 56.5 Å². The molecule has 0 fully saturated rings. The van der Waals surface area contributed by atoms with Crippen LogP contribution in [0.2, 0.25) is 0 Å². The number of rotatable bonds is 3. The number of benzene rings is 2. The Labute approximate surface area is 146 Å². The van der Waals surface area contributed by atoms with E-state index in [-0.39, 0.29) is 0 Å². The van der Waals surface area contributed by atoms with Gasteiger partial charge in [-0.1, -0.05) is 36.4 Å². The monoisotopic (exact) mass is 327 g/mol. The fourth-order valence-electron chi connectivity index (χ4n) is 2.78. The molecule has 2 heterocycles. The Kier molecular flexibility index (Phi) is 3.82. The molecule has 25 heavy (non-hydrogen) atoms. The van der Waals surface area contributed by atoms with Gasteiger partial charge in [0.15, 0.2) is 0 Å². The van der Waals surface area contributed by atoms with E-state index in [2.05, 4.69) is 64.6 Å². The number of aromatic nitrogens is 5. The van der Waals surface area contributed by atoms with Crippen molar-refractivity contribution in [3.8, 4) is 28.3 Å². The van der Waals surface area contributed by atoms with Crippen molar-refractivity contribution in [3.63, 3.8) is 0 Å². The molecule has 2 aromatic heterocycles. The summed E-state index contributed by atoms with van der Waals surface area (Å²) in [5, 5.41) is 12.7. The number of tetrazole rings is 1. The van der Waals surface area contributed by atoms with Crippen molar-refractivity contribution < 1.29 is 0 Å². The Hall–Kier alpha value is -3.34. The van der Waals surface area contributed by atoms with Crippen molar-refractivity contribution in [2.45, 2.75) is 13.8 Å². The lowest BCUT2D eigenvalue weighted by Crippen LogP contribution is -1.99. The third-order valence-electron chi connectivity index (χ3n) is 4.30. The van der Waals surface area contributed by atoms with Crippen molar-refractivity contribution >= 4 is 0 Å². The van der Waals surface area contributed by atoms with Crippen molar-refractivity contribution in [1.82, 2.24) is 25.2 Å². The minimum atomic E-state index is 0.512. The summed E-state index contributed by atoms with van der Waals surface area (Å²) < 4.78 is 0. The van der Waals surface area contributed by atoms with E-state index in [9.17, 15) is 0 Å². The van der Waals surface area contributed by atoms with E-state index in [0.29, 0.717) is 11.5 Å². The summed E-state index contributed by atoms with van der Waals surface area (Å²) in [6.07, 6.45) is 1.72. The average molecular weight is 327 g/mol. The first kappa shape index (κ1) is 15.2. The highest BCUT2D eigenvalue weighted by Gasteiger charge is 2.10. The second-order valence-corrected chi connectivity index (χ2v) is 5.92. The van der Waals surface area contributed by atoms with Crippen molar-refractivity contribution in [3.05, 3.63) is 78.0 Å². The maximum absolute atomic E-state index is 4.46. The second kappa shape index (κ2) is 6.28. The minimum Gasteiger partial charge on any atom is -0.253 e. The van der Waals surface area contributed by atoms with Crippen LogP contribution in [0, 0.1) is 13.8 Å². The van der Waals surface area contributed by atoms with Gasteiger partial charge in [-0.25, -0.2) is 0 Å². The minimum absolute atomic E-state index is 0.512. The molecule has 4 aromatic rings. The smallest absolute Gasteiger partial charge is 0.223 e. The lowest BCUT2D eigenvalue weighted by Gasteiger charge is -2.09. The zero-order chi connectivity index (χ0) is 17.2. The molecule has 0 aliphatic heterocycles. The molecular formula is C20H17N5. The van der Waals surface area contributed by atoms with Gasteiger partial charge < -0.3 is 0 Å². The number of hydrogen-bond donors (Lipinski definition) is 0. The molecule has 0 unspecified atom stereocenters. The molecule has 122 valence electrons. The van der Waals surface area contributed by atoms with Crippen LogP contribution in [-0.4, -0.2) is 25.2 Å². The fraction of sp³-hybridized carbons (Fsp3) is 0.100. The van der Waals surface area contributed by atoms with Gasteiger partial charge in [0, 0.05) is 6.20 Å². The Morgan fingerprint density at radius 2 is 1.76 bits per heavy atom. The van der Waals surface area contributed by atoms with E-state index in [0.717, 1.165) is 11.3 Å². The summed E-state index contributed by atoms with van der Waals surface area (Å²) in [4.78, 5) is 5.80. The van der Waals surface area contributed by atoms with Crippen molar-refractivity contribution in [1.29, 1.82) is 0 Å². The molecule has 0 N–H and O–H groups in total. The molecule has 0 spiro atoms. The van der Waals surface area contributed by atoms with Crippen LogP contribution in [0.5, 0.6) is 0 Å². The van der Waals surface area contributed by atoms with Crippen LogP contribution in [0.1, 0.15) is 11.1 Å². The first-order chi connectivity index (χ1) is 12.2. The average Bonchev–Trinajstić information content (AvgIpc) is 3.15. The highest BCUT2D eigenvalue weighted by atomic mass is 15.6. The predicted octanol–water partition coefficient (Wildman–Crippen LogP) is 4.01. The molecule has 4 rings (SSSR count). The molecule has 5 nitrogen and oxygen atoms in total. The lowest BCUT2D eigenvalue weighted by molar-refractivity contribution is 0.720. The molecule has 0 bridgehead atoms. The summed E-state index contributed by atoms with van der Waals surface area (Å²) >= 11 is 0. The molecule has 0 saturated carbocycles. The van der Waals surface area contributed by atoms with Gasteiger partial charge in [-0.05, 0) is 65.6 Å². The molecule has 0 aliphatic carbocycles. The molecule has 0 amide bonds. The quantitative estimate of drug-likeness (QED) is 0.570. The lowest BCUT2D eigenvalue weighted by atomic mass is 9.97. The fourth-order valence-corrected chi connectivity index (χ4v) is 2.78. The van der Waals surface area contributed by atoms with Gasteiger partial charge in [-0.3, -0.25) is 4.98 Å². The highest BCUT2D eigenvalue weighted by molar-refractivity contribution is 5.70. The van der Waals surface area contributed by atoms with Crippen molar-refractivity contribution in [2.24, 2.45) is 0 Å². The van der Waals surface area contributed by atoms with Crippen LogP contribution in [0.3, 0.4) is 0 Å². The molecule has 0 radical (unpaired) electrons. The number of nitrogens with zero attached hydrogens (tertiary/aromatic N) is 5. The van der Waals surface area contributed by atoms with Crippen LogP contribution in [-0.2, 0) is 0 Å². The highest BCUT2D eigenvalue weighted by Crippen LogP contribution is 2.27. The molecule has 0 atom stereocenters. The second-order valence-electron chi connectivity index (χ2n) is 5.92. The van der Waals surface area contributed by atoms with Gasteiger partial charge in [0.1, 0.15) is 5.69 Å². The molecular weight excluding hydrogens is 310 g/mol. The van der Waals surface area contributed by atoms with E-state index in [4.69, 9.17) is 0 Å². The standard InChI is InChI=1S/C20H17N5/c1-14-7-5-10-18(15(14)2)16-8-6-9-17(13-16)25-23-20(22-24-25)19-11-3-4-12-21-19/h3-13H,1-2H3. The third kappa shape index (κ3) is 2.92.